The molecule has 0 amide bonds. The predicted molar refractivity (Wildman–Crippen MR) is 65.9 cm³/mol. The van der Waals surface area contributed by atoms with E-state index in [1.807, 2.05) is 0 Å². The van der Waals surface area contributed by atoms with Crippen LogP contribution in [-0.2, 0) is 9.53 Å². The molecule has 0 aliphatic carbocycles. The molecule has 0 fully saturated rings. The fourth-order valence-corrected chi connectivity index (χ4v) is 1.84. The molecule has 0 spiro atoms. The maximum atomic E-state index is 13.0. The van der Waals surface area contributed by atoms with Gasteiger partial charge in [0.15, 0.2) is 0 Å². The highest BCUT2D eigenvalue weighted by molar-refractivity contribution is 5.96. The molecule has 2 rings (SSSR count). The van der Waals surface area contributed by atoms with E-state index in [9.17, 15) is 18.0 Å². The van der Waals surface area contributed by atoms with Crippen LogP contribution in [0.1, 0.15) is 12.5 Å². The first kappa shape index (κ1) is 14.2. The number of carbonyl (C=O) groups excluding carboxylic acids is 1. The Morgan fingerprint density at radius 1 is 1.45 bits per heavy atom. The number of halogens is 3. The molecule has 0 saturated carbocycles. The van der Waals surface area contributed by atoms with Gasteiger partial charge in [0.25, 0.3) is 0 Å². The first-order chi connectivity index (χ1) is 9.32. The SMILES string of the molecule is CCOC(=O)C1=Cc2cc(N)ccc2O[C@@H]1C(F)(F)F. The minimum absolute atomic E-state index is 0.0228. The van der Waals surface area contributed by atoms with Crippen molar-refractivity contribution in [2.24, 2.45) is 0 Å². The fraction of sp³-hybridized carbons (Fsp3) is 0.308. The van der Waals surface area contributed by atoms with Crippen LogP contribution in [0.25, 0.3) is 6.08 Å². The van der Waals surface area contributed by atoms with Crippen molar-refractivity contribution >= 4 is 17.7 Å². The van der Waals surface area contributed by atoms with Crippen LogP contribution in [-0.4, -0.2) is 24.9 Å². The summed E-state index contributed by atoms with van der Waals surface area (Å²) in [7, 11) is 0. The lowest BCUT2D eigenvalue weighted by Gasteiger charge is -2.27. The molecule has 1 aliphatic rings. The fourth-order valence-electron chi connectivity index (χ4n) is 1.84. The number of nitrogen functional groups attached to an aromatic ring is 1. The smallest absolute Gasteiger partial charge is 0.430 e. The lowest BCUT2D eigenvalue weighted by molar-refractivity contribution is -0.187. The van der Waals surface area contributed by atoms with Crippen LogP contribution in [0.5, 0.6) is 5.75 Å². The third kappa shape index (κ3) is 2.71. The van der Waals surface area contributed by atoms with E-state index in [0.29, 0.717) is 11.3 Å². The Kier molecular flexibility index (Phi) is 3.61. The first-order valence-corrected chi connectivity index (χ1v) is 5.84. The van der Waals surface area contributed by atoms with Gasteiger partial charge in [0, 0.05) is 11.3 Å². The van der Waals surface area contributed by atoms with E-state index >= 15 is 0 Å². The van der Waals surface area contributed by atoms with Crippen LogP contribution in [0.4, 0.5) is 18.9 Å². The Labute approximate surface area is 113 Å². The molecule has 4 nitrogen and oxygen atoms in total. The highest BCUT2D eigenvalue weighted by Crippen LogP contribution is 2.38. The highest BCUT2D eigenvalue weighted by Gasteiger charge is 2.48. The van der Waals surface area contributed by atoms with E-state index in [-0.39, 0.29) is 12.4 Å². The molecular formula is C13H12F3NO3. The lowest BCUT2D eigenvalue weighted by Crippen LogP contribution is -2.40. The van der Waals surface area contributed by atoms with Crippen molar-refractivity contribution in [2.75, 3.05) is 12.3 Å². The maximum absolute atomic E-state index is 13.0. The van der Waals surface area contributed by atoms with Gasteiger partial charge in [0.2, 0.25) is 6.10 Å². The summed E-state index contributed by atoms with van der Waals surface area (Å²) in [4.78, 5) is 11.6. The number of esters is 1. The van der Waals surface area contributed by atoms with Gasteiger partial charge in [-0.05, 0) is 31.2 Å². The van der Waals surface area contributed by atoms with Crippen LogP contribution in [0, 0.1) is 0 Å². The number of ether oxygens (including phenoxy) is 2. The summed E-state index contributed by atoms with van der Waals surface area (Å²) >= 11 is 0. The number of benzene rings is 1. The van der Waals surface area contributed by atoms with Crippen molar-refractivity contribution in [3.8, 4) is 5.75 Å². The number of hydrogen-bond acceptors (Lipinski definition) is 4. The van der Waals surface area contributed by atoms with Crippen molar-refractivity contribution in [2.45, 2.75) is 19.2 Å². The molecule has 0 saturated heterocycles. The molecule has 1 aromatic carbocycles. The second-order valence-electron chi connectivity index (χ2n) is 4.16. The number of carbonyl (C=O) groups is 1. The van der Waals surface area contributed by atoms with Gasteiger partial charge in [-0.1, -0.05) is 0 Å². The molecule has 20 heavy (non-hydrogen) atoms. The second kappa shape index (κ2) is 5.07. The van der Waals surface area contributed by atoms with Gasteiger partial charge in [0.05, 0.1) is 12.2 Å². The minimum Gasteiger partial charge on any atom is -0.475 e. The Balaban J connectivity index is 2.48. The maximum Gasteiger partial charge on any atom is 0.430 e. The van der Waals surface area contributed by atoms with E-state index < -0.39 is 23.8 Å². The molecule has 108 valence electrons. The minimum atomic E-state index is -4.71. The second-order valence-corrected chi connectivity index (χ2v) is 4.16. The van der Waals surface area contributed by atoms with E-state index in [1.165, 1.54) is 25.1 Å². The van der Waals surface area contributed by atoms with Crippen molar-refractivity contribution in [1.82, 2.24) is 0 Å². The number of alkyl halides is 3. The molecule has 1 atom stereocenters. The zero-order chi connectivity index (χ0) is 14.9. The summed E-state index contributed by atoms with van der Waals surface area (Å²) in [6.45, 7) is 1.49. The molecule has 1 aliphatic heterocycles. The zero-order valence-corrected chi connectivity index (χ0v) is 10.5. The van der Waals surface area contributed by atoms with Gasteiger partial charge < -0.3 is 15.2 Å². The number of anilines is 1. The third-order valence-corrected chi connectivity index (χ3v) is 2.68. The van der Waals surface area contributed by atoms with Gasteiger partial charge in [-0.15, -0.1) is 0 Å². The summed E-state index contributed by atoms with van der Waals surface area (Å²) in [6.07, 6.45) is -5.94. The molecule has 0 bridgehead atoms. The average Bonchev–Trinajstić information content (AvgIpc) is 2.36. The van der Waals surface area contributed by atoms with Crippen LogP contribution in [0.2, 0.25) is 0 Å². The topological polar surface area (TPSA) is 61.5 Å². The molecular weight excluding hydrogens is 275 g/mol. The van der Waals surface area contributed by atoms with Gasteiger partial charge >= 0.3 is 12.1 Å². The van der Waals surface area contributed by atoms with Crippen molar-refractivity contribution < 1.29 is 27.4 Å². The van der Waals surface area contributed by atoms with Gasteiger partial charge in [-0.25, -0.2) is 4.79 Å². The summed E-state index contributed by atoms with van der Waals surface area (Å²) in [5, 5.41) is 0. The molecule has 1 aromatic rings. The highest BCUT2D eigenvalue weighted by atomic mass is 19.4. The molecule has 0 unspecified atom stereocenters. The first-order valence-electron chi connectivity index (χ1n) is 5.84. The standard InChI is InChI=1S/C13H12F3NO3/c1-2-19-12(18)9-6-7-5-8(17)3-4-10(7)20-11(9)13(14,15)16/h3-6,11H,2,17H2,1H3/t11-/m0/s1. The lowest BCUT2D eigenvalue weighted by atomic mass is 10.0. The number of nitrogens with two attached hydrogens (primary N) is 1. The van der Waals surface area contributed by atoms with Crippen molar-refractivity contribution in [3.63, 3.8) is 0 Å². The summed E-state index contributed by atoms with van der Waals surface area (Å²) < 4.78 is 48.4. The van der Waals surface area contributed by atoms with Gasteiger partial charge in [-0.2, -0.15) is 13.2 Å². The normalized spacial score (nSPS) is 17.8. The van der Waals surface area contributed by atoms with E-state index in [0.717, 1.165) is 6.08 Å². The summed E-state index contributed by atoms with van der Waals surface area (Å²) in [5.74, 6) is -1.03. The average molecular weight is 287 g/mol. The van der Waals surface area contributed by atoms with Crippen molar-refractivity contribution in [3.05, 3.63) is 29.3 Å². The van der Waals surface area contributed by atoms with Gasteiger partial charge in [-0.3, -0.25) is 0 Å². The van der Waals surface area contributed by atoms with Crippen LogP contribution < -0.4 is 10.5 Å². The largest absolute Gasteiger partial charge is 0.475 e. The van der Waals surface area contributed by atoms with Gasteiger partial charge in [0.1, 0.15) is 5.75 Å². The number of fused-ring (bicyclic) bond motifs is 1. The Bertz CT molecular complexity index is 566. The number of hydrogen-bond donors (Lipinski definition) is 1. The van der Waals surface area contributed by atoms with Crippen LogP contribution >= 0.6 is 0 Å². The monoisotopic (exact) mass is 287 g/mol. The molecule has 7 heteroatoms. The summed E-state index contributed by atoms with van der Waals surface area (Å²) in [5.41, 5.74) is 5.65. The molecule has 2 N–H and O–H groups in total. The van der Waals surface area contributed by atoms with Crippen molar-refractivity contribution in [1.29, 1.82) is 0 Å². The van der Waals surface area contributed by atoms with Crippen LogP contribution in [0.3, 0.4) is 0 Å². The van der Waals surface area contributed by atoms with E-state index in [1.54, 1.807) is 0 Å². The Morgan fingerprint density at radius 2 is 2.15 bits per heavy atom. The van der Waals surface area contributed by atoms with Crippen LogP contribution in [0.15, 0.2) is 23.8 Å². The Hall–Kier alpha value is -2.18. The van der Waals surface area contributed by atoms with E-state index in [4.69, 9.17) is 10.5 Å². The Morgan fingerprint density at radius 3 is 2.75 bits per heavy atom. The predicted octanol–water partition coefficient (Wildman–Crippen LogP) is 2.54. The quantitative estimate of drug-likeness (QED) is 0.670. The summed E-state index contributed by atoms with van der Waals surface area (Å²) in [6, 6.07) is 4.19. The number of rotatable bonds is 2. The third-order valence-electron chi connectivity index (χ3n) is 2.68. The molecule has 0 radical (unpaired) electrons. The molecule has 1 heterocycles. The molecule has 0 aromatic heterocycles. The van der Waals surface area contributed by atoms with E-state index in [2.05, 4.69) is 4.74 Å². The zero-order valence-electron chi connectivity index (χ0n) is 10.5.